The topological polar surface area (TPSA) is 170 Å². The molecule has 0 radical (unpaired) electrons. The zero-order valence-electron chi connectivity index (χ0n) is 14.6. The summed E-state index contributed by atoms with van der Waals surface area (Å²) in [7, 11) is 0. The van der Waals surface area contributed by atoms with E-state index < -0.39 is 36.4 Å². The van der Waals surface area contributed by atoms with Crippen LogP contribution in [0.5, 0.6) is 0 Å². The van der Waals surface area contributed by atoms with Crippen molar-refractivity contribution in [2.45, 2.75) is 38.3 Å². The van der Waals surface area contributed by atoms with E-state index in [1.807, 2.05) is 13.8 Å². The standard InChI is InChI=1S/C6H11NO.C6H8O7.3Na/c1-4-6(8)7-5(2)3;7-3(8)1-6(13,5(11)12)2-4(9)10;;;/h4-5H,1H2,2-3H3,(H,7,8);13H,1-2H2,(H,7,8)(H,9,10)(H,11,12);;;/q;;3*+1/p-3. The molecule has 120 valence electrons. The number of carboxylic acids is 3. The summed E-state index contributed by atoms with van der Waals surface area (Å²) >= 11 is 0. The van der Waals surface area contributed by atoms with Crippen molar-refractivity contribution in [1.29, 1.82) is 0 Å². The minimum Gasteiger partial charge on any atom is -0.550 e. The molecule has 0 aliphatic carbocycles. The van der Waals surface area contributed by atoms with Crippen LogP contribution >= 0.6 is 0 Å². The van der Waals surface area contributed by atoms with E-state index in [0.29, 0.717) is 0 Å². The number of hydrogen-bond donors (Lipinski definition) is 2. The van der Waals surface area contributed by atoms with Crippen LogP contribution in [0.15, 0.2) is 12.7 Å². The number of aliphatic carboxylic acids is 3. The van der Waals surface area contributed by atoms with Gasteiger partial charge in [0, 0.05) is 30.8 Å². The molecule has 9 nitrogen and oxygen atoms in total. The maximum Gasteiger partial charge on any atom is 1.00 e. The molecule has 0 aliphatic rings. The average molecular weight is 371 g/mol. The summed E-state index contributed by atoms with van der Waals surface area (Å²) in [6, 6.07) is 0.209. The fourth-order valence-corrected chi connectivity index (χ4v) is 1.03. The maximum absolute atomic E-state index is 10.4. The molecule has 0 fully saturated rings. The van der Waals surface area contributed by atoms with E-state index in [-0.39, 0.29) is 101 Å². The molecular weight excluding hydrogens is 355 g/mol. The molecule has 2 N–H and O–H groups in total. The van der Waals surface area contributed by atoms with Gasteiger partial charge in [-0.3, -0.25) is 4.79 Å². The Kier molecular flexibility index (Phi) is 27.3. The second-order valence-corrected chi connectivity index (χ2v) is 4.28. The third-order valence-corrected chi connectivity index (χ3v) is 1.87. The van der Waals surface area contributed by atoms with Crippen molar-refractivity contribution >= 4 is 23.8 Å². The van der Waals surface area contributed by atoms with Gasteiger partial charge in [-0.2, -0.15) is 0 Å². The molecular formula is C12H16NNa3O8. The molecule has 12 heteroatoms. The van der Waals surface area contributed by atoms with Gasteiger partial charge in [0.1, 0.15) is 5.60 Å². The first kappa shape index (κ1) is 35.6. The van der Waals surface area contributed by atoms with E-state index in [1.165, 1.54) is 6.08 Å². The van der Waals surface area contributed by atoms with Crippen LogP contribution in [0.25, 0.3) is 0 Å². The van der Waals surface area contributed by atoms with Gasteiger partial charge in [-0.15, -0.1) is 0 Å². The minimum atomic E-state index is -2.97. The van der Waals surface area contributed by atoms with Gasteiger partial charge >= 0.3 is 88.7 Å². The first-order valence-corrected chi connectivity index (χ1v) is 5.71. The number of carbonyl (C=O) groups is 4. The summed E-state index contributed by atoms with van der Waals surface area (Å²) < 4.78 is 0. The van der Waals surface area contributed by atoms with Crippen LogP contribution in [-0.4, -0.2) is 40.6 Å². The van der Waals surface area contributed by atoms with Crippen molar-refractivity contribution in [3.05, 3.63) is 12.7 Å². The van der Waals surface area contributed by atoms with Crippen molar-refractivity contribution < 1.29 is 128 Å². The summed E-state index contributed by atoms with van der Waals surface area (Å²) in [5.41, 5.74) is -2.97. The second kappa shape index (κ2) is 18.4. The van der Waals surface area contributed by atoms with Gasteiger partial charge in [0.15, 0.2) is 0 Å². The number of hydrogen-bond acceptors (Lipinski definition) is 8. The third kappa shape index (κ3) is 20.6. The number of carboxylic acid groups (broad SMARTS) is 3. The van der Waals surface area contributed by atoms with E-state index in [0.717, 1.165) is 0 Å². The van der Waals surface area contributed by atoms with Crippen LogP contribution in [-0.2, 0) is 19.2 Å². The monoisotopic (exact) mass is 371 g/mol. The Morgan fingerprint density at radius 1 is 1.04 bits per heavy atom. The molecule has 0 aromatic carbocycles. The van der Waals surface area contributed by atoms with Crippen LogP contribution in [0.1, 0.15) is 26.7 Å². The molecule has 1 amide bonds. The predicted octanol–water partition coefficient (Wildman–Crippen LogP) is -13.5. The molecule has 0 unspecified atom stereocenters. The first-order chi connectivity index (χ1) is 9.44. The Balaban J connectivity index is -0.0000000968. The number of rotatable bonds is 7. The van der Waals surface area contributed by atoms with E-state index in [2.05, 4.69) is 11.9 Å². The molecule has 0 aromatic heterocycles. The Morgan fingerprint density at radius 3 is 1.50 bits per heavy atom. The predicted molar refractivity (Wildman–Crippen MR) is 62.7 cm³/mol. The van der Waals surface area contributed by atoms with Gasteiger partial charge in [-0.25, -0.2) is 0 Å². The zero-order chi connectivity index (χ0) is 17.2. The van der Waals surface area contributed by atoms with Crippen LogP contribution in [0.3, 0.4) is 0 Å². The molecule has 0 spiro atoms. The maximum atomic E-state index is 10.4. The van der Waals surface area contributed by atoms with Gasteiger partial charge in [0.25, 0.3) is 0 Å². The van der Waals surface area contributed by atoms with Crippen LogP contribution < -0.4 is 109 Å². The fraction of sp³-hybridized carbons (Fsp3) is 0.500. The first-order valence-electron chi connectivity index (χ1n) is 5.71. The molecule has 0 saturated carbocycles. The average Bonchev–Trinajstić information content (AvgIpc) is 2.26. The van der Waals surface area contributed by atoms with E-state index in [4.69, 9.17) is 5.11 Å². The van der Waals surface area contributed by atoms with Crippen molar-refractivity contribution in [3.8, 4) is 0 Å². The SMILES string of the molecule is C=CC(=O)NC(C)C.O=C([O-])CC(O)(CC(=O)[O-])C(=O)[O-].[Na+].[Na+].[Na+]. The van der Waals surface area contributed by atoms with E-state index >= 15 is 0 Å². The molecule has 0 heterocycles. The van der Waals surface area contributed by atoms with Crippen LogP contribution in [0, 0.1) is 0 Å². The number of carbonyl (C=O) groups excluding carboxylic acids is 4. The quantitative estimate of drug-likeness (QED) is 0.328. The Bertz CT molecular complexity index is 413. The summed E-state index contributed by atoms with van der Waals surface area (Å²) in [5.74, 6) is -6.10. The van der Waals surface area contributed by atoms with Crippen LogP contribution in [0.4, 0.5) is 0 Å². The van der Waals surface area contributed by atoms with Crippen molar-refractivity contribution in [1.82, 2.24) is 5.32 Å². The summed E-state index contributed by atoms with van der Waals surface area (Å²) in [6.45, 7) is 7.11. The Morgan fingerprint density at radius 2 is 1.38 bits per heavy atom. The van der Waals surface area contributed by atoms with Crippen molar-refractivity contribution in [2.75, 3.05) is 0 Å². The molecule has 24 heavy (non-hydrogen) atoms. The third-order valence-electron chi connectivity index (χ3n) is 1.87. The van der Waals surface area contributed by atoms with Crippen LogP contribution in [0.2, 0.25) is 0 Å². The van der Waals surface area contributed by atoms with Crippen molar-refractivity contribution in [3.63, 3.8) is 0 Å². The van der Waals surface area contributed by atoms with E-state index in [1.54, 1.807) is 0 Å². The van der Waals surface area contributed by atoms with Gasteiger partial charge in [-0.1, -0.05) is 6.58 Å². The molecule has 0 aromatic rings. The normalized spacial score (nSPS) is 8.83. The molecule has 0 aliphatic heterocycles. The van der Waals surface area contributed by atoms with Gasteiger partial charge in [0.05, 0.1) is 5.97 Å². The second-order valence-electron chi connectivity index (χ2n) is 4.28. The summed E-state index contributed by atoms with van der Waals surface area (Å²) in [4.78, 5) is 40.4. The smallest absolute Gasteiger partial charge is 0.550 e. The molecule has 0 atom stereocenters. The Labute approximate surface area is 206 Å². The van der Waals surface area contributed by atoms with Gasteiger partial charge < -0.3 is 40.1 Å². The largest absolute Gasteiger partial charge is 1.00 e. The summed E-state index contributed by atoms with van der Waals surface area (Å²) in [5, 5.41) is 41.6. The zero-order valence-corrected chi connectivity index (χ0v) is 20.6. The fourth-order valence-electron chi connectivity index (χ4n) is 1.03. The molecule has 0 rings (SSSR count). The van der Waals surface area contributed by atoms with Gasteiger partial charge in [-0.05, 0) is 19.9 Å². The summed E-state index contributed by atoms with van der Waals surface area (Å²) in [6.07, 6.45) is -1.45. The molecule has 0 saturated heterocycles. The number of nitrogens with one attached hydrogen (secondary N) is 1. The number of amides is 1. The minimum absolute atomic E-state index is 0. The van der Waals surface area contributed by atoms with E-state index in [9.17, 15) is 34.5 Å². The van der Waals surface area contributed by atoms with Gasteiger partial charge in [0.2, 0.25) is 5.91 Å². The van der Waals surface area contributed by atoms with Crippen molar-refractivity contribution in [2.24, 2.45) is 0 Å². The number of aliphatic hydroxyl groups is 1. The Hall–Kier alpha value is 0.580. The molecule has 0 bridgehead atoms.